The molecule has 1 saturated heterocycles. The van der Waals surface area contributed by atoms with Crippen molar-refractivity contribution in [2.45, 2.75) is 51.6 Å². The molecule has 0 radical (unpaired) electrons. The number of H-pyrrole nitrogens is 1. The number of aliphatic hydroxyl groups is 1. The lowest BCUT2D eigenvalue weighted by atomic mass is 9.82. The summed E-state index contributed by atoms with van der Waals surface area (Å²) in [5.41, 5.74) is 2.98. The molecule has 1 aliphatic carbocycles. The number of allylic oxidation sites excluding steroid dienone is 1. The third-order valence-corrected chi connectivity index (χ3v) is 6.07. The van der Waals surface area contributed by atoms with E-state index in [2.05, 4.69) is 10.7 Å². The van der Waals surface area contributed by atoms with Crippen LogP contribution in [0, 0.1) is 5.92 Å². The van der Waals surface area contributed by atoms with Crippen LogP contribution in [0.25, 0.3) is 11.1 Å². The average Bonchev–Trinajstić information content (AvgIpc) is 3.01. The lowest BCUT2D eigenvalue weighted by Gasteiger charge is -2.36. The lowest BCUT2D eigenvalue weighted by molar-refractivity contribution is -0.00131. The Hall–Kier alpha value is -1.74. The Morgan fingerprint density at radius 1 is 1.38 bits per heavy atom. The summed E-state index contributed by atoms with van der Waals surface area (Å²) in [7, 11) is 0. The average molecular weight is 375 g/mol. The van der Waals surface area contributed by atoms with Crippen LogP contribution in [-0.4, -0.2) is 39.6 Å². The van der Waals surface area contributed by atoms with E-state index in [0.717, 1.165) is 55.8 Å². The highest BCUT2D eigenvalue weighted by molar-refractivity contribution is 6.47. The zero-order valence-electron chi connectivity index (χ0n) is 15.5. The summed E-state index contributed by atoms with van der Waals surface area (Å²) in [6, 6.07) is 1.86. The van der Waals surface area contributed by atoms with Gasteiger partial charge in [0.15, 0.2) is 0 Å². The van der Waals surface area contributed by atoms with E-state index >= 15 is 0 Å². The van der Waals surface area contributed by atoms with Crippen molar-refractivity contribution in [2.75, 3.05) is 13.1 Å². The van der Waals surface area contributed by atoms with Crippen LogP contribution in [0.15, 0.2) is 23.9 Å². The minimum atomic E-state index is -0.558. The maximum Gasteiger partial charge on any atom is 0.270 e. The predicted octanol–water partition coefficient (Wildman–Crippen LogP) is 2.66. The van der Waals surface area contributed by atoms with Crippen molar-refractivity contribution in [2.24, 2.45) is 5.92 Å². The Morgan fingerprint density at radius 3 is 2.73 bits per heavy atom. The Labute approximate surface area is 159 Å². The number of hydrogen-bond donors (Lipinski definition) is 2. The van der Waals surface area contributed by atoms with Gasteiger partial charge in [-0.1, -0.05) is 25.4 Å². The number of nitrogens with zero attached hydrogens (tertiary/aromatic N) is 1. The number of amides is 1. The van der Waals surface area contributed by atoms with E-state index in [9.17, 15) is 9.90 Å². The number of aromatic nitrogens is 1. The molecule has 0 unspecified atom stereocenters. The second-order valence-electron chi connectivity index (χ2n) is 7.38. The van der Waals surface area contributed by atoms with Crippen molar-refractivity contribution in [3.8, 4) is 0 Å². The first kappa shape index (κ1) is 19.0. The number of fused-ring (bicyclic) bond motifs is 1. The van der Waals surface area contributed by atoms with Gasteiger partial charge in [0, 0.05) is 24.4 Å². The largest absolute Gasteiger partial charge is 0.390 e. The molecule has 0 bridgehead atoms. The summed E-state index contributed by atoms with van der Waals surface area (Å²) in [6.45, 7) is 5.55. The molecule has 26 heavy (non-hydrogen) atoms. The standard InChI is InChI=1S/C21H27ClN2O2/c1-3-21(26,4-2)14-15-9-11-24(12-10-15)20(25)18-13-16-7-5-6-8-17(22)19(16)23-18/h5,7-8,13,15,23,26H,3-4,9-12,14H2,1-2H3. The monoisotopic (exact) mass is 374 g/mol. The SMILES string of the molecule is CCC(O)(CC)CC1CCN(C(=O)c2cc3c([nH]2)=C(Cl)C=C=CC=3)CC1. The van der Waals surface area contributed by atoms with Crippen LogP contribution in [0.1, 0.15) is 56.4 Å². The van der Waals surface area contributed by atoms with Crippen LogP contribution < -0.4 is 10.6 Å². The molecule has 0 atom stereocenters. The summed E-state index contributed by atoms with van der Waals surface area (Å²) >= 11 is 6.24. The van der Waals surface area contributed by atoms with Crippen LogP contribution in [0.4, 0.5) is 0 Å². The molecule has 0 saturated carbocycles. The predicted molar refractivity (Wildman–Crippen MR) is 105 cm³/mol. The number of piperidine rings is 1. The molecule has 1 aromatic rings. The molecule has 0 aromatic carbocycles. The molecule has 2 heterocycles. The lowest BCUT2D eigenvalue weighted by Crippen LogP contribution is -2.41. The molecule has 140 valence electrons. The van der Waals surface area contributed by atoms with Gasteiger partial charge < -0.3 is 15.0 Å². The van der Waals surface area contributed by atoms with E-state index in [4.69, 9.17) is 11.6 Å². The normalized spacial score (nSPS) is 17.8. The fourth-order valence-corrected chi connectivity index (χ4v) is 4.05. The third kappa shape index (κ3) is 3.98. The van der Waals surface area contributed by atoms with Gasteiger partial charge in [-0.3, -0.25) is 4.79 Å². The molecule has 2 aliphatic rings. The highest BCUT2D eigenvalue weighted by Crippen LogP contribution is 2.30. The fraction of sp³-hybridized carbons (Fsp3) is 0.524. The van der Waals surface area contributed by atoms with Gasteiger partial charge in [-0.25, -0.2) is 0 Å². The van der Waals surface area contributed by atoms with E-state index in [-0.39, 0.29) is 5.91 Å². The second kappa shape index (κ2) is 7.87. The van der Waals surface area contributed by atoms with Crippen molar-refractivity contribution < 1.29 is 9.90 Å². The summed E-state index contributed by atoms with van der Waals surface area (Å²) in [5, 5.41) is 12.8. The first-order valence-corrected chi connectivity index (χ1v) is 9.87. The molecule has 1 aliphatic heterocycles. The maximum atomic E-state index is 12.9. The van der Waals surface area contributed by atoms with E-state index in [1.165, 1.54) is 0 Å². The Kier molecular flexibility index (Phi) is 5.76. The summed E-state index contributed by atoms with van der Waals surface area (Å²) < 4.78 is 0. The van der Waals surface area contributed by atoms with Crippen molar-refractivity contribution in [3.63, 3.8) is 0 Å². The molecular weight excluding hydrogens is 348 g/mol. The van der Waals surface area contributed by atoms with Crippen LogP contribution >= 0.6 is 11.6 Å². The van der Waals surface area contributed by atoms with Crippen LogP contribution in [0.3, 0.4) is 0 Å². The van der Waals surface area contributed by atoms with E-state index < -0.39 is 5.60 Å². The molecule has 3 rings (SSSR count). The fourth-order valence-electron chi connectivity index (χ4n) is 3.83. The molecule has 1 aromatic heterocycles. The zero-order valence-corrected chi connectivity index (χ0v) is 16.3. The number of nitrogens with one attached hydrogen (secondary N) is 1. The van der Waals surface area contributed by atoms with Gasteiger partial charge in [-0.05, 0) is 56.2 Å². The molecule has 1 fully saturated rings. The summed E-state index contributed by atoms with van der Waals surface area (Å²) in [5.74, 6) is 0.499. The zero-order chi connectivity index (χ0) is 18.7. The number of carbonyl (C=O) groups excluding carboxylic acids is 1. The minimum Gasteiger partial charge on any atom is -0.390 e. The number of carbonyl (C=O) groups is 1. The van der Waals surface area contributed by atoms with E-state index in [0.29, 0.717) is 16.6 Å². The van der Waals surface area contributed by atoms with Gasteiger partial charge in [-0.2, -0.15) is 0 Å². The summed E-state index contributed by atoms with van der Waals surface area (Å²) in [4.78, 5) is 17.9. The summed E-state index contributed by atoms with van der Waals surface area (Å²) in [6.07, 6.45) is 9.68. The third-order valence-electron chi connectivity index (χ3n) is 5.77. The maximum absolute atomic E-state index is 12.9. The van der Waals surface area contributed by atoms with E-state index in [1.807, 2.05) is 30.9 Å². The number of rotatable bonds is 5. The first-order chi connectivity index (χ1) is 12.5. The molecule has 5 heteroatoms. The van der Waals surface area contributed by atoms with Crippen LogP contribution in [0.5, 0.6) is 0 Å². The minimum absolute atomic E-state index is 0.0172. The smallest absolute Gasteiger partial charge is 0.270 e. The Bertz CT molecular complexity index is 849. The Balaban J connectivity index is 1.67. The number of halogens is 1. The van der Waals surface area contributed by atoms with Gasteiger partial charge in [0.05, 0.1) is 16.0 Å². The van der Waals surface area contributed by atoms with Gasteiger partial charge in [-0.15, -0.1) is 5.73 Å². The van der Waals surface area contributed by atoms with Gasteiger partial charge in [0.25, 0.3) is 5.91 Å². The van der Waals surface area contributed by atoms with Crippen molar-refractivity contribution in [1.29, 1.82) is 0 Å². The number of likely N-dealkylation sites (tertiary alicyclic amines) is 1. The van der Waals surface area contributed by atoms with Gasteiger partial charge >= 0.3 is 0 Å². The van der Waals surface area contributed by atoms with Crippen LogP contribution in [0.2, 0.25) is 0 Å². The highest BCUT2D eigenvalue weighted by atomic mass is 35.5. The highest BCUT2D eigenvalue weighted by Gasteiger charge is 2.31. The number of aromatic amines is 1. The van der Waals surface area contributed by atoms with Crippen molar-refractivity contribution >= 4 is 28.6 Å². The quantitative estimate of drug-likeness (QED) is 0.778. The topological polar surface area (TPSA) is 56.3 Å². The van der Waals surface area contributed by atoms with Crippen molar-refractivity contribution in [1.82, 2.24) is 9.88 Å². The first-order valence-electron chi connectivity index (χ1n) is 9.49. The Morgan fingerprint density at radius 2 is 2.08 bits per heavy atom. The van der Waals surface area contributed by atoms with Gasteiger partial charge in [0.1, 0.15) is 5.69 Å². The molecule has 2 N–H and O–H groups in total. The molecular formula is C21H27ClN2O2. The molecule has 0 spiro atoms. The molecule has 1 amide bonds. The molecule has 4 nitrogen and oxygen atoms in total. The number of hydrogen-bond acceptors (Lipinski definition) is 2. The van der Waals surface area contributed by atoms with Crippen molar-refractivity contribution in [3.05, 3.63) is 40.2 Å². The van der Waals surface area contributed by atoms with Crippen LogP contribution in [-0.2, 0) is 0 Å². The van der Waals surface area contributed by atoms with Gasteiger partial charge in [0.2, 0.25) is 0 Å². The second-order valence-corrected chi connectivity index (χ2v) is 7.78. The van der Waals surface area contributed by atoms with E-state index in [1.54, 1.807) is 12.2 Å².